The molecule has 33 heavy (non-hydrogen) atoms. The second-order valence-corrected chi connectivity index (χ2v) is 9.45. The SMILES string of the molecule is CN(C)c1cccc2c(S(=O)(=O)NC(=O)Cn3cnc4c3c(=O)n(C)c(=O)n4C)cccc12. The molecule has 0 aliphatic heterocycles. The summed E-state index contributed by atoms with van der Waals surface area (Å²) in [6.07, 6.45) is 1.22. The summed E-state index contributed by atoms with van der Waals surface area (Å²) in [4.78, 5) is 43.2. The molecule has 2 aromatic heterocycles. The number of fused-ring (bicyclic) bond motifs is 2. The lowest BCUT2D eigenvalue weighted by molar-refractivity contribution is -0.119. The molecule has 0 aliphatic rings. The highest BCUT2D eigenvalue weighted by Gasteiger charge is 2.23. The maximum Gasteiger partial charge on any atom is 0.332 e. The summed E-state index contributed by atoms with van der Waals surface area (Å²) in [5.74, 6) is -0.856. The number of carbonyl (C=O) groups excluding carboxylic acids is 1. The number of rotatable bonds is 5. The van der Waals surface area contributed by atoms with E-state index in [-0.39, 0.29) is 16.1 Å². The van der Waals surface area contributed by atoms with Crippen LogP contribution in [0.3, 0.4) is 0 Å². The third-order valence-electron chi connectivity index (χ3n) is 5.41. The Hall–Kier alpha value is -3.93. The molecular weight excluding hydrogens is 448 g/mol. The molecule has 2 aromatic carbocycles. The fraction of sp³-hybridized carbons (Fsp3) is 0.238. The predicted octanol–water partition coefficient (Wildman–Crippen LogP) is 0.158. The average Bonchev–Trinajstić information content (AvgIpc) is 3.18. The lowest BCUT2D eigenvalue weighted by atomic mass is 10.1. The quantitative estimate of drug-likeness (QED) is 0.440. The van der Waals surface area contributed by atoms with Gasteiger partial charge in [0.1, 0.15) is 6.54 Å². The van der Waals surface area contributed by atoms with Gasteiger partial charge in [0.2, 0.25) is 0 Å². The zero-order valence-electron chi connectivity index (χ0n) is 18.4. The Balaban J connectivity index is 1.70. The smallest absolute Gasteiger partial charge is 0.332 e. The van der Waals surface area contributed by atoms with Crippen LogP contribution in [0.5, 0.6) is 0 Å². The fourth-order valence-electron chi connectivity index (χ4n) is 3.80. The van der Waals surface area contributed by atoms with Crippen LogP contribution in [0.1, 0.15) is 0 Å². The highest BCUT2D eigenvalue weighted by Crippen LogP contribution is 2.30. The number of nitrogens with zero attached hydrogens (tertiary/aromatic N) is 5. The van der Waals surface area contributed by atoms with E-state index in [9.17, 15) is 22.8 Å². The summed E-state index contributed by atoms with van der Waals surface area (Å²) in [7, 11) is 2.27. The van der Waals surface area contributed by atoms with Crippen molar-refractivity contribution >= 4 is 43.6 Å². The van der Waals surface area contributed by atoms with E-state index in [4.69, 9.17) is 0 Å². The molecule has 0 unspecified atom stereocenters. The summed E-state index contributed by atoms with van der Waals surface area (Å²) in [6.45, 7) is -0.475. The molecule has 4 rings (SSSR count). The number of hydrogen-bond acceptors (Lipinski definition) is 7. The average molecular weight is 471 g/mol. The zero-order valence-corrected chi connectivity index (χ0v) is 19.3. The van der Waals surface area contributed by atoms with Crippen LogP contribution in [0.25, 0.3) is 21.9 Å². The number of aryl methyl sites for hydroxylation is 1. The van der Waals surface area contributed by atoms with Gasteiger partial charge in [0.05, 0.1) is 11.2 Å². The van der Waals surface area contributed by atoms with Gasteiger partial charge in [-0.15, -0.1) is 0 Å². The lowest BCUT2D eigenvalue weighted by Crippen LogP contribution is -2.38. The first kappa shape index (κ1) is 22.3. The van der Waals surface area contributed by atoms with Gasteiger partial charge in [-0.1, -0.05) is 24.3 Å². The second-order valence-electron chi connectivity index (χ2n) is 7.80. The van der Waals surface area contributed by atoms with Gasteiger partial charge in [-0.3, -0.25) is 18.7 Å². The number of carbonyl (C=O) groups is 1. The van der Waals surface area contributed by atoms with E-state index in [1.54, 1.807) is 18.2 Å². The van der Waals surface area contributed by atoms with Crippen LogP contribution in [0.2, 0.25) is 0 Å². The van der Waals surface area contributed by atoms with E-state index < -0.39 is 33.7 Å². The first-order chi connectivity index (χ1) is 15.5. The van der Waals surface area contributed by atoms with Crippen LogP contribution >= 0.6 is 0 Å². The van der Waals surface area contributed by atoms with Gasteiger partial charge >= 0.3 is 5.69 Å². The molecular formula is C21H22N6O5S. The monoisotopic (exact) mass is 470 g/mol. The Morgan fingerprint density at radius 1 is 1.03 bits per heavy atom. The van der Waals surface area contributed by atoms with Crippen LogP contribution in [-0.4, -0.2) is 47.1 Å². The molecule has 1 amide bonds. The van der Waals surface area contributed by atoms with E-state index in [0.717, 1.165) is 15.6 Å². The van der Waals surface area contributed by atoms with Crippen molar-refractivity contribution in [3.05, 3.63) is 63.6 Å². The number of amides is 1. The van der Waals surface area contributed by atoms with Crippen molar-refractivity contribution in [1.29, 1.82) is 0 Å². The molecule has 4 aromatic rings. The van der Waals surface area contributed by atoms with E-state index in [1.165, 1.54) is 35.6 Å². The van der Waals surface area contributed by atoms with Gasteiger partial charge < -0.3 is 9.47 Å². The molecule has 0 spiro atoms. The fourth-order valence-corrected chi connectivity index (χ4v) is 5.00. The second kappa shape index (κ2) is 7.89. The zero-order chi connectivity index (χ0) is 24.1. The first-order valence-corrected chi connectivity index (χ1v) is 11.4. The van der Waals surface area contributed by atoms with Crippen molar-refractivity contribution in [1.82, 2.24) is 23.4 Å². The highest BCUT2D eigenvalue weighted by atomic mass is 32.2. The minimum atomic E-state index is -4.21. The first-order valence-electron chi connectivity index (χ1n) is 9.88. The molecule has 0 bridgehead atoms. The van der Waals surface area contributed by atoms with E-state index in [0.29, 0.717) is 5.39 Å². The van der Waals surface area contributed by atoms with Gasteiger partial charge in [-0.2, -0.15) is 0 Å². The van der Waals surface area contributed by atoms with Crippen molar-refractivity contribution in [2.45, 2.75) is 11.4 Å². The summed E-state index contributed by atoms with van der Waals surface area (Å²) < 4.78 is 31.5. The van der Waals surface area contributed by atoms with Gasteiger partial charge in [0, 0.05) is 44.7 Å². The minimum Gasteiger partial charge on any atom is -0.377 e. The molecule has 0 atom stereocenters. The molecule has 0 radical (unpaired) electrons. The van der Waals surface area contributed by atoms with Gasteiger partial charge in [-0.25, -0.2) is 22.9 Å². The summed E-state index contributed by atoms with van der Waals surface area (Å²) >= 11 is 0. The topological polar surface area (TPSA) is 128 Å². The maximum atomic E-state index is 13.1. The summed E-state index contributed by atoms with van der Waals surface area (Å²) in [6, 6.07) is 10.1. The molecule has 2 heterocycles. The van der Waals surface area contributed by atoms with Crippen LogP contribution in [0, 0.1) is 0 Å². The van der Waals surface area contributed by atoms with E-state index >= 15 is 0 Å². The Kier molecular flexibility index (Phi) is 5.32. The molecule has 0 aliphatic carbocycles. The van der Waals surface area contributed by atoms with Crippen LogP contribution < -0.4 is 20.9 Å². The minimum absolute atomic E-state index is 0.0212. The van der Waals surface area contributed by atoms with Gasteiger partial charge in [-0.05, 0) is 12.1 Å². The Morgan fingerprint density at radius 2 is 1.70 bits per heavy atom. The van der Waals surface area contributed by atoms with E-state index in [1.807, 2.05) is 31.1 Å². The number of benzene rings is 2. The number of aromatic nitrogens is 4. The normalized spacial score (nSPS) is 11.8. The Bertz CT molecular complexity index is 1650. The van der Waals surface area contributed by atoms with Gasteiger partial charge in [0.15, 0.2) is 11.2 Å². The maximum absolute atomic E-state index is 13.1. The number of anilines is 1. The Labute approximate surface area is 188 Å². The number of sulfonamides is 1. The molecule has 172 valence electrons. The number of hydrogen-bond donors (Lipinski definition) is 1. The van der Waals surface area contributed by atoms with E-state index in [2.05, 4.69) is 9.71 Å². The molecule has 0 saturated carbocycles. The molecule has 0 saturated heterocycles. The predicted molar refractivity (Wildman–Crippen MR) is 124 cm³/mol. The standard InChI is InChI=1S/C21H22N6O5S/c1-24(2)15-9-5-8-14-13(15)7-6-10-16(14)33(31,32)23-17(28)11-27-12-22-19-18(27)20(29)26(4)21(30)25(19)3/h5-10,12H,11H2,1-4H3,(H,23,28). The number of imidazole rings is 1. The summed E-state index contributed by atoms with van der Waals surface area (Å²) in [5.41, 5.74) is -0.233. The lowest BCUT2D eigenvalue weighted by Gasteiger charge is -2.17. The Morgan fingerprint density at radius 3 is 2.39 bits per heavy atom. The van der Waals surface area contributed by atoms with Gasteiger partial charge in [0.25, 0.3) is 21.5 Å². The van der Waals surface area contributed by atoms with Crippen molar-refractivity contribution in [2.75, 3.05) is 19.0 Å². The largest absolute Gasteiger partial charge is 0.377 e. The molecule has 11 nitrogen and oxygen atoms in total. The number of nitrogens with one attached hydrogen (secondary N) is 1. The molecule has 12 heteroatoms. The summed E-state index contributed by atoms with van der Waals surface area (Å²) in [5, 5.41) is 1.20. The molecule has 0 fully saturated rings. The third-order valence-corrected chi connectivity index (χ3v) is 6.84. The van der Waals surface area contributed by atoms with Crippen molar-refractivity contribution < 1.29 is 13.2 Å². The third kappa shape index (κ3) is 3.67. The van der Waals surface area contributed by atoms with Crippen molar-refractivity contribution in [3.63, 3.8) is 0 Å². The van der Waals surface area contributed by atoms with Crippen LogP contribution in [0.15, 0.2) is 57.2 Å². The van der Waals surface area contributed by atoms with Crippen molar-refractivity contribution in [3.8, 4) is 0 Å². The van der Waals surface area contributed by atoms with Crippen LogP contribution in [-0.2, 0) is 35.5 Å². The van der Waals surface area contributed by atoms with Crippen LogP contribution in [0.4, 0.5) is 5.69 Å². The van der Waals surface area contributed by atoms with Crippen molar-refractivity contribution in [2.24, 2.45) is 14.1 Å². The molecule has 1 N–H and O–H groups in total. The highest BCUT2D eigenvalue weighted by molar-refractivity contribution is 7.90.